The first-order chi connectivity index (χ1) is 20.0. The van der Waals surface area contributed by atoms with Crippen LogP contribution in [0.4, 0.5) is 0 Å². The van der Waals surface area contributed by atoms with E-state index in [1.165, 1.54) is 55.9 Å². The number of benzene rings is 1. The van der Waals surface area contributed by atoms with Crippen LogP contribution in [0.2, 0.25) is 0 Å². The van der Waals surface area contributed by atoms with Crippen molar-refractivity contribution in [2.24, 2.45) is 5.92 Å². The molecule has 2 amide bonds. The highest BCUT2D eigenvalue weighted by atomic mass is 16.3. The minimum Gasteiger partial charge on any atom is -0.380 e. The molecule has 0 bridgehead atoms. The monoisotopic (exact) mass is 560 g/mol. The van der Waals surface area contributed by atoms with Crippen LogP contribution in [0, 0.1) is 5.92 Å². The normalized spacial score (nSPS) is 27.1. The second-order valence-corrected chi connectivity index (χ2v) is 13.3. The van der Waals surface area contributed by atoms with Gasteiger partial charge in [0.2, 0.25) is 5.91 Å². The Morgan fingerprint density at radius 3 is 2.10 bits per heavy atom. The standard InChI is InChI=1S/C34H48N4O3/c39-31(37-21-23-38(24-22-37)32(40)34(41)18-19-34)28-13-15-30(27-12-14-29-26(25-27)11-10-20-35-29)36-33(28)16-8-6-4-2-1-3-5-7-9-17-33/h10-12,14,20,25,28,30,36,41H,1-9,13,15-19,21-24H2. The molecule has 1 spiro atoms. The number of aromatic nitrogens is 1. The van der Waals surface area contributed by atoms with Crippen molar-refractivity contribution in [1.82, 2.24) is 20.1 Å². The number of piperazine rings is 1. The number of aliphatic hydroxyl groups is 1. The van der Waals surface area contributed by atoms with Gasteiger partial charge in [0.15, 0.2) is 0 Å². The zero-order valence-corrected chi connectivity index (χ0v) is 24.7. The van der Waals surface area contributed by atoms with E-state index in [1.54, 1.807) is 4.90 Å². The third kappa shape index (κ3) is 6.31. The van der Waals surface area contributed by atoms with Gasteiger partial charge in [-0.3, -0.25) is 14.6 Å². The van der Waals surface area contributed by atoms with Gasteiger partial charge in [-0.2, -0.15) is 0 Å². The van der Waals surface area contributed by atoms with Crippen molar-refractivity contribution in [1.29, 1.82) is 0 Å². The predicted octanol–water partition coefficient (Wildman–Crippen LogP) is 5.51. The number of nitrogens with zero attached hydrogens (tertiary/aromatic N) is 3. The number of carbonyl (C=O) groups excluding carboxylic acids is 2. The van der Waals surface area contributed by atoms with E-state index in [1.807, 2.05) is 17.2 Å². The number of piperidine rings is 1. The van der Waals surface area contributed by atoms with Crippen molar-refractivity contribution in [2.45, 2.75) is 113 Å². The second-order valence-electron chi connectivity index (χ2n) is 13.3. The molecule has 7 heteroatoms. The Labute approximate surface area is 245 Å². The molecule has 2 aromatic rings. The zero-order chi connectivity index (χ0) is 28.3. The predicted molar refractivity (Wildman–Crippen MR) is 161 cm³/mol. The highest BCUT2D eigenvalue weighted by molar-refractivity contribution is 5.88. The lowest BCUT2D eigenvalue weighted by atomic mass is 9.68. The molecule has 222 valence electrons. The summed E-state index contributed by atoms with van der Waals surface area (Å²) in [7, 11) is 0. The van der Waals surface area contributed by atoms with E-state index in [-0.39, 0.29) is 29.3 Å². The topological polar surface area (TPSA) is 85.8 Å². The molecule has 4 fully saturated rings. The van der Waals surface area contributed by atoms with Crippen LogP contribution in [0.5, 0.6) is 0 Å². The van der Waals surface area contributed by atoms with Crippen LogP contribution < -0.4 is 5.32 Å². The Kier molecular flexibility index (Phi) is 8.64. The largest absolute Gasteiger partial charge is 0.380 e. The molecule has 2 aliphatic heterocycles. The minimum atomic E-state index is -1.13. The lowest BCUT2D eigenvalue weighted by Crippen LogP contribution is -2.62. The van der Waals surface area contributed by atoms with Crippen molar-refractivity contribution in [3.63, 3.8) is 0 Å². The molecule has 1 aromatic carbocycles. The first-order valence-electron chi connectivity index (χ1n) is 16.4. The Balaban J connectivity index is 1.22. The van der Waals surface area contributed by atoms with E-state index in [4.69, 9.17) is 0 Å². The van der Waals surface area contributed by atoms with Gasteiger partial charge in [-0.15, -0.1) is 0 Å². The number of fused-ring (bicyclic) bond motifs is 1. The van der Waals surface area contributed by atoms with Gasteiger partial charge in [-0.1, -0.05) is 69.9 Å². The maximum atomic E-state index is 14.3. The Morgan fingerprint density at radius 2 is 1.44 bits per heavy atom. The quantitative estimate of drug-likeness (QED) is 0.517. The fourth-order valence-electron chi connectivity index (χ4n) is 7.76. The van der Waals surface area contributed by atoms with Gasteiger partial charge in [0, 0.05) is 49.3 Å². The van der Waals surface area contributed by atoms with Gasteiger partial charge >= 0.3 is 0 Å². The van der Waals surface area contributed by atoms with Crippen LogP contribution in [0.1, 0.15) is 108 Å². The molecule has 2 saturated heterocycles. The summed E-state index contributed by atoms with van der Waals surface area (Å²) in [5.41, 5.74) is 0.976. The molecule has 7 nitrogen and oxygen atoms in total. The summed E-state index contributed by atoms with van der Waals surface area (Å²) in [6.07, 6.45) is 18.3. The fourth-order valence-corrected chi connectivity index (χ4v) is 7.76. The summed E-state index contributed by atoms with van der Waals surface area (Å²) >= 11 is 0. The molecular weight excluding hydrogens is 512 g/mol. The van der Waals surface area contributed by atoms with Crippen LogP contribution in [0.25, 0.3) is 10.9 Å². The number of rotatable bonds is 3. The SMILES string of the molecule is O=C(C1CCC(c2ccc3ncccc3c2)NC12CCCCCCCCCCC2)N1CCN(C(=O)C2(O)CC2)CC1. The van der Waals surface area contributed by atoms with Gasteiger partial charge in [0.05, 0.1) is 11.4 Å². The molecule has 2 unspecified atom stereocenters. The molecule has 4 aliphatic rings. The van der Waals surface area contributed by atoms with Crippen molar-refractivity contribution in [3.05, 3.63) is 42.1 Å². The number of nitrogens with one attached hydrogen (secondary N) is 1. The van der Waals surface area contributed by atoms with E-state index in [2.05, 4.69) is 34.6 Å². The molecule has 2 N–H and O–H groups in total. The summed E-state index contributed by atoms with van der Waals surface area (Å²) in [6.45, 7) is 2.17. The third-order valence-corrected chi connectivity index (χ3v) is 10.4. The smallest absolute Gasteiger partial charge is 0.254 e. The maximum absolute atomic E-state index is 14.3. The molecule has 1 aromatic heterocycles. The molecule has 0 radical (unpaired) electrons. The number of amides is 2. The number of hydrogen-bond acceptors (Lipinski definition) is 5. The van der Waals surface area contributed by atoms with E-state index in [0.29, 0.717) is 39.0 Å². The lowest BCUT2D eigenvalue weighted by molar-refractivity contribution is -0.150. The number of hydrogen-bond donors (Lipinski definition) is 2. The van der Waals surface area contributed by atoms with Crippen molar-refractivity contribution in [2.75, 3.05) is 26.2 Å². The summed E-state index contributed by atoms with van der Waals surface area (Å²) < 4.78 is 0. The summed E-state index contributed by atoms with van der Waals surface area (Å²) in [5.74, 6) is 0.0785. The van der Waals surface area contributed by atoms with Gasteiger partial charge in [-0.25, -0.2) is 0 Å². The van der Waals surface area contributed by atoms with Gasteiger partial charge in [0.1, 0.15) is 5.60 Å². The first-order valence-corrected chi connectivity index (χ1v) is 16.4. The Morgan fingerprint density at radius 1 is 0.805 bits per heavy atom. The van der Waals surface area contributed by atoms with Crippen LogP contribution in [0.15, 0.2) is 36.5 Å². The Bertz CT molecular complexity index is 1210. The van der Waals surface area contributed by atoms with Crippen molar-refractivity contribution in [3.8, 4) is 0 Å². The number of pyridine rings is 1. The average molecular weight is 561 g/mol. The van der Waals surface area contributed by atoms with E-state index >= 15 is 0 Å². The highest BCUT2D eigenvalue weighted by Gasteiger charge is 2.51. The lowest BCUT2D eigenvalue weighted by Gasteiger charge is -2.50. The van der Waals surface area contributed by atoms with Gasteiger partial charge in [-0.05, 0) is 62.3 Å². The maximum Gasteiger partial charge on any atom is 0.254 e. The van der Waals surface area contributed by atoms with Crippen molar-refractivity contribution < 1.29 is 14.7 Å². The van der Waals surface area contributed by atoms with Crippen LogP contribution in [0.3, 0.4) is 0 Å². The molecule has 6 rings (SSSR count). The van der Waals surface area contributed by atoms with E-state index in [0.717, 1.165) is 44.0 Å². The molecular formula is C34H48N4O3. The second kappa shape index (κ2) is 12.4. The third-order valence-electron chi connectivity index (χ3n) is 10.4. The zero-order valence-electron chi connectivity index (χ0n) is 24.7. The van der Waals surface area contributed by atoms with Crippen LogP contribution in [-0.4, -0.2) is 69.0 Å². The highest BCUT2D eigenvalue weighted by Crippen LogP contribution is 2.43. The summed E-state index contributed by atoms with van der Waals surface area (Å²) in [5, 5.41) is 15.6. The van der Waals surface area contributed by atoms with Crippen LogP contribution >= 0.6 is 0 Å². The van der Waals surface area contributed by atoms with Gasteiger partial charge in [0.25, 0.3) is 5.91 Å². The van der Waals surface area contributed by atoms with Crippen LogP contribution in [-0.2, 0) is 9.59 Å². The van der Waals surface area contributed by atoms with E-state index in [9.17, 15) is 14.7 Å². The average Bonchev–Trinajstić information content (AvgIpc) is 3.76. The molecule has 2 atom stereocenters. The van der Waals surface area contributed by atoms with E-state index < -0.39 is 5.60 Å². The molecule has 3 heterocycles. The van der Waals surface area contributed by atoms with Crippen molar-refractivity contribution >= 4 is 22.7 Å². The fraction of sp³-hybridized carbons (Fsp3) is 0.676. The molecule has 2 saturated carbocycles. The summed E-state index contributed by atoms with van der Waals surface area (Å²) in [6, 6.07) is 11.0. The Hall–Kier alpha value is -2.51. The molecule has 2 aliphatic carbocycles. The summed E-state index contributed by atoms with van der Waals surface area (Å²) in [4.78, 5) is 35.3. The number of carbonyl (C=O) groups is 2. The molecule has 41 heavy (non-hydrogen) atoms. The first kappa shape index (κ1) is 28.6. The van der Waals surface area contributed by atoms with Gasteiger partial charge < -0.3 is 20.2 Å². The minimum absolute atomic E-state index is 0.0429.